The van der Waals surface area contributed by atoms with Crippen molar-refractivity contribution in [3.8, 4) is 0 Å². The van der Waals surface area contributed by atoms with Gasteiger partial charge in [0.25, 0.3) is 0 Å². The molecule has 1 aliphatic heterocycles. The van der Waals surface area contributed by atoms with E-state index < -0.39 is 0 Å². The maximum Gasteiger partial charge on any atom is 0.223 e. The smallest absolute Gasteiger partial charge is 0.223 e. The molecule has 3 unspecified atom stereocenters. The monoisotopic (exact) mass is 253 g/mol. The highest BCUT2D eigenvalue weighted by molar-refractivity contribution is 5.80. The summed E-state index contributed by atoms with van der Waals surface area (Å²) >= 11 is 0. The van der Waals surface area contributed by atoms with Crippen LogP contribution in [0.15, 0.2) is 0 Å². The maximum absolute atomic E-state index is 12.1. The number of hydrogen-bond acceptors (Lipinski definition) is 3. The highest BCUT2D eigenvalue weighted by atomic mass is 16.2. The van der Waals surface area contributed by atoms with Crippen LogP contribution in [-0.4, -0.2) is 42.4 Å². The van der Waals surface area contributed by atoms with E-state index >= 15 is 0 Å². The Hall–Kier alpha value is -1.10. The van der Waals surface area contributed by atoms with E-state index in [-0.39, 0.29) is 29.8 Å². The molecule has 0 radical (unpaired) electrons. The Balaban J connectivity index is 1.82. The number of carbonyl (C=O) groups is 2. The fourth-order valence-electron chi connectivity index (χ4n) is 2.91. The molecule has 2 fully saturated rings. The van der Waals surface area contributed by atoms with E-state index in [2.05, 4.69) is 5.32 Å². The van der Waals surface area contributed by atoms with Gasteiger partial charge in [-0.2, -0.15) is 0 Å². The molecule has 0 aromatic carbocycles. The van der Waals surface area contributed by atoms with Gasteiger partial charge in [-0.1, -0.05) is 6.42 Å². The summed E-state index contributed by atoms with van der Waals surface area (Å²) in [5.74, 6) is 0.356. The summed E-state index contributed by atoms with van der Waals surface area (Å²) in [4.78, 5) is 25.2. The van der Waals surface area contributed by atoms with Crippen LogP contribution >= 0.6 is 0 Å². The molecule has 0 aromatic heterocycles. The summed E-state index contributed by atoms with van der Waals surface area (Å²) in [6.07, 6.45) is 5.11. The molecule has 2 rings (SSSR count). The van der Waals surface area contributed by atoms with Gasteiger partial charge in [0, 0.05) is 38.0 Å². The minimum Gasteiger partial charge on any atom is -0.351 e. The molecule has 0 spiro atoms. The van der Waals surface area contributed by atoms with E-state index in [1.165, 1.54) is 0 Å². The molecule has 5 heteroatoms. The Kier molecular flexibility index (Phi) is 4.22. The maximum atomic E-state index is 12.1. The highest BCUT2D eigenvalue weighted by Gasteiger charge is 2.29. The molecule has 2 aliphatic rings. The third kappa shape index (κ3) is 3.22. The third-order valence-corrected chi connectivity index (χ3v) is 4.06. The summed E-state index contributed by atoms with van der Waals surface area (Å²) in [6.45, 7) is 0.628. The Morgan fingerprint density at radius 3 is 2.83 bits per heavy atom. The van der Waals surface area contributed by atoms with Crippen LogP contribution in [-0.2, 0) is 9.59 Å². The number of nitrogens with one attached hydrogen (secondary N) is 1. The van der Waals surface area contributed by atoms with Gasteiger partial charge in [0.1, 0.15) is 0 Å². The molecular weight excluding hydrogens is 230 g/mol. The van der Waals surface area contributed by atoms with E-state index in [1.54, 1.807) is 11.9 Å². The largest absolute Gasteiger partial charge is 0.351 e. The van der Waals surface area contributed by atoms with Crippen molar-refractivity contribution in [3.63, 3.8) is 0 Å². The molecule has 1 saturated carbocycles. The van der Waals surface area contributed by atoms with E-state index in [4.69, 9.17) is 5.73 Å². The first kappa shape index (κ1) is 13.3. The van der Waals surface area contributed by atoms with Crippen molar-refractivity contribution in [2.24, 2.45) is 11.7 Å². The number of rotatable bonds is 2. The van der Waals surface area contributed by atoms with E-state index in [0.717, 1.165) is 32.1 Å². The highest BCUT2D eigenvalue weighted by Crippen LogP contribution is 2.23. The zero-order valence-corrected chi connectivity index (χ0v) is 11.0. The van der Waals surface area contributed by atoms with Gasteiger partial charge in [0.2, 0.25) is 11.8 Å². The van der Waals surface area contributed by atoms with Gasteiger partial charge in [-0.25, -0.2) is 0 Å². The Morgan fingerprint density at radius 2 is 2.17 bits per heavy atom. The molecule has 102 valence electrons. The average Bonchev–Trinajstić information content (AvgIpc) is 2.34. The number of nitrogens with zero attached hydrogens (tertiary/aromatic N) is 1. The number of hydrogen-bond donors (Lipinski definition) is 2. The molecule has 3 atom stereocenters. The summed E-state index contributed by atoms with van der Waals surface area (Å²) in [6, 6.07) is 0.281. The lowest BCUT2D eigenvalue weighted by Crippen LogP contribution is -2.50. The Morgan fingerprint density at radius 1 is 1.39 bits per heavy atom. The SMILES string of the molecule is CN1CC(NC(=O)C2CCCC(N)C2)CCC1=O. The molecule has 1 saturated heterocycles. The molecular formula is C13H23N3O2. The van der Waals surface area contributed by atoms with Crippen LogP contribution in [0.3, 0.4) is 0 Å². The fourth-order valence-corrected chi connectivity index (χ4v) is 2.91. The van der Waals surface area contributed by atoms with Crippen LogP contribution in [0, 0.1) is 5.92 Å². The molecule has 2 amide bonds. The molecule has 1 heterocycles. The van der Waals surface area contributed by atoms with Crippen molar-refractivity contribution in [1.82, 2.24) is 10.2 Å². The quantitative estimate of drug-likeness (QED) is 0.740. The molecule has 0 bridgehead atoms. The van der Waals surface area contributed by atoms with Gasteiger partial charge in [-0.05, 0) is 25.7 Å². The van der Waals surface area contributed by atoms with Gasteiger partial charge in [-0.15, -0.1) is 0 Å². The lowest BCUT2D eigenvalue weighted by Gasteiger charge is -2.32. The fraction of sp³-hybridized carbons (Fsp3) is 0.846. The van der Waals surface area contributed by atoms with Gasteiger partial charge in [-0.3, -0.25) is 9.59 Å². The van der Waals surface area contributed by atoms with Crippen LogP contribution in [0.25, 0.3) is 0 Å². The summed E-state index contributed by atoms with van der Waals surface area (Å²) in [5, 5.41) is 3.07. The van der Waals surface area contributed by atoms with Crippen LogP contribution in [0.5, 0.6) is 0 Å². The minimum absolute atomic E-state index is 0.0664. The standard InChI is InChI=1S/C13H23N3O2/c1-16-8-11(5-6-12(16)17)15-13(18)9-3-2-4-10(14)7-9/h9-11H,2-8,14H2,1H3,(H,15,18). The number of piperidine rings is 1. The zero-order valence-electron chi connectivity index (χ0n) is 11.0. The van der Waals surface area contributed by atoms with Gasteiger partial charge >= 0.3 is 0 Å². The Labute approximate surface area is 108 Å². The van der Waals surface area contributed by atoms with Gasteiger partial charge in [0.15, 0.2) is 0 Å². The average molecular weight is 253 g/mol. The summed E-state index contributed by atoms with van der Waals surface area (Å²) < 4.78 is 0. The van der Waals surface area contributed by atoms with Gasteiger partial charge in [0.05, 0.1) is 0 Å². The molecule has 0 aromatic rings. The second-order valence-corrected chi connectivity index (χ2v) is 5.64. The molecule has 1 aliphatic carbocycles. The van der Waals surface area contributed by atoms with Crippen molar-refractivity contribution >= 4 is 11.8 Å². The lowest BCUT2D eigenvalue weighted by molar-refractivity contribution is -0.134. The van der Waals surface area contributed by atoms with Crippen molar-refractivity contribution in [2.75, 3.05) is 13.6 Å². The van der Waals surface area contributed by atoms with Crippen molar-refractivity contribution in [2.45, 2.75) is 50.6 Å². The predicted molar refractivity (Wildman–Crippen MR) is 68.7 cm³/mol. The number of carbonyl (C=O) groups excluding carboxylic acids is 2. The van der Waals surface area contributed by atoms with E-state index in [9.17, 15) is 9.59 Å². The molecule has 18 heavy (non-hydrogen) atoms. The zero-order chi connectivity index (χ0) is 13.1. The third-order valence-electron chi connectivity index (χ3n) is 4.06. The normalized spacial score (nSPS) is 33.3. The predicted octanol–water partition coefficient (Wildman–Crippen LogP) is 0.241. The number of likely N-dealkylation sites (tertiary alicyclic amines) is 1. The summed E-state index contributed by atoms with van der Waals surface area (Å²) in [7, 11) is 1.79. The summed E-state index contributed by atoms with van der Waals surface area (Å²) in [5.41, 5.74) is 5.90. The van der Waals surface area contributed by atoms with Crippen molar-refractivity contribution in [3.05, 3.63) is 0 Å². The van der Waals surface area contributed by atoms with Crippen LogP contribution in [0.1, 0.15) is 38.5 Å². The topological polar surface area (TPSA) is 75.4 Å². The van der Waals surface area contributed by atoms with Crippen LogP contribution in [0.4, 0.5) is 0 Å². The second-order valence-electron chi connectivity index (χ2n) is 5.64. The van der Waals surface area contributed by atoms with Gasteiger partial charge < -0.3 is 16.0 Å². The van der Waals surface area contributed by atoms with E-state index in [0.29, 0.717) is 13.0 Å². The van der Waals surface area contributed by atoms with Crippen LogP contribution < -0.4 is 11.1 Å². The van der Waals surface area contributed by atoms with Crippen molar-refractivity contribution < 1.29 is 9.59 Å². The Bertz CT molecular complexity index is 332. The molecule has 3 N–H and O–H groups in total. The van der Waals surface area contributed by atoms with Crippen LogP contribution in [0.2, 0.25) is 0 Å². The first-order valence-electron chi connectivity index (χ1n) is 6.86. The molecule has 5 nitrogen and oxygen atoms in total. The van der Waals surface area contributed by atoms with E-state index in [1.807, 2.05) is 0 Å². The minimum atomic E-state index is 0.0664. The van der Waals surface area contributed by atoms with Crippen molar-refractivity contribution in [1.29, 1.82) is 0 Å². The lowest BCUT2D eigenvalue weighted by atomic mass is 9.85. The number of likely N-dealkylation sites (N-methyl/N-ethyl adjacent to an activating group) is 1. The first-order chi connectivity index (χ1) is 8.56. The first-order valence-corrected chi connectivity index (χ1v) is 6.86. The number of nitrogens with two attached hydrogens (primary N) is 1. The second kappa shape index (κ2) is 5.69. The number of amides is 2.